The molecule has 1 amide bonds. The molecule has 0 atom stereocenters. The molecule has 3 rings (SSSR count). The number of carbonyl (C=O) groups is 1. The number of aromatic amines is 1. The van der Waals surface area contributed by atoms with Crippen LogP contribution in [-0.4, -0.2) is 10.9 Å². The van der Waals surface area contributed by atoms with Gasteiger partial charge in [-0.25, -0.2) is 0 Å². The fraction of sp³-hybridized carbons (Fsp3) is 0. The SMILES string of the molecule is O=C(Nc1ccccc1Cl)c1cccc2cc[nH]c12. The van der Waals surface area contributed by atoms with Crippen LogP contribution in [0.1, 0.15) is 10.4 Å². The number of fused-ring (bicyclic) bond motifs is 1. The van der Waals surface area contributed by atoms with Crippen LogP contribution in [0.25, 0.3) is 10.9 Å². The van der Waals surface area contributed by atoms with Gasteiger partial charge in [-0.2, -0.15) is 0 Å². The van der Waals surface area contributed by atoms with Gasteiger partial charge in [0.05, 0.1) is 21.8 Å². The van der Waals surface area contributed by atoms with Crippen LogP contribution in [0.4, 0.5) is 5.69 Å². The third kappa shape index (κ3) is 2.20. The first kappa shape index (κ1) is 11.8. The molecule has 94 valence electrons. The number of hydrogen-bond donors (Lipinski definition) is 2. The van der Waals surface area contributed by atoms with Gasteiger partial charge in [0.25, 0.3) is 5.91 Å². The molecule has 0 saturated carbocycles. The molecule has 19 heavy (non-hydrogen) atoms. The average molecular weight is 271 g/mol. The van der Waals surface area contributed by atoms with Gasteiger partial charge in [0, 0.05) is 11.6 Å². The van der Waals surface area contributed by atoms with Gasteiger partial charge in [-0.1, -0.05) is 35.9 Å². The number of aromatic nitrogens is 1. The number of rotatable bonds is 2. The number of halogens is 1. The molecule has 1 aromatic heterocycles. The Morgan fingerprint density at radius 3 is 2.74 bits per heavy atom. The zero-order valence-electron chi connectivity index (χ0n) is 9.98. The molecule has 3 aromatic rings. The first-order valence-electron chi connectivity index (χ1n) is 5.88. The lowest BCUT2D eigenvalue weighted by Gasteiger charge is -2.07. The van der Waals surface area contributed by atoms with Crippen molar-refractivity contribution in [2.75, 3.05) is 5.32 Å². The second-order valence-electron chi connectivity index (χ2n) is 4.18. The number of nitrogens with one attached hydrogen (secondary N) is 2. The normalized spacial score (nSPS) is 10.6. The van der Waals surface area contributed by atoms with Crippen LogP contribution < -0.4 is 5.32 Å². The summed E-state index contributed by atoms with van der Waals surface area (Å²) in [6.45, 7) is 0. The van der Waals surface area contributed by atoms with Gasteiger partial charge < -0.3 is 10.3 Å². The summed E-state index contributed by atoms with van der Waals surface area (Å²) in [7, 11) is 0. The molecule has 0 aliphatic rings. The van der Waals surface area contributed by atoms with Gasteiger partial charge in [0.1, 0.15) is 0 Å². The summed E-state index contributed by atoms with van der Waals surface area (Å²) in [6.07, 6.45) is 1.82. The highest BCUT2D eigenvalue weighted by molar-refractivity contribution is 6.34. The summed E-state index contributed by atoms with van der Waals surface area (Å²) >= 11 is 6.03. The summed E-state index contributed by atoms with van der Waals surface area (Å²) in [5.74, 6) is -0.179. The maximum atomic E-state index is 12.3. The molecule has 4 heteroatoms. The van der Waals surface area contributed by atoms with E-state index in [1.807, 2.05) is 36.5 Å². The van der Waals surface area contributed by atoms with Crippen LogP contribution in [0.15, 0.2) is 54.7 Å². The van der Waals surface area contributed by atoms with Crippen LogP contribution in [0.5, 0.6) is 0 Å². The van der Waals surface area contributed by atoms with E-state index in [9.17, 15) is 4.79 Å². The third-order valence-corrected chi connectivity index (χ3v) is 3.28. The summed E-state index contributed by atoms with van der Waals surface area (Å²) in [6, 6.07) is 14.7. The van der Waals surface area contributed by atoms with Gasteiger partial charge in [-0.05, 0) is 24.3 Å². The van der Waals surface area contributed by atoms with E-state index >= 15 is 0 Å². The molecular weight excluding hydrogens is 260 g/mol. The lowest BCUT2D eigenvalue weighted by molar-refractivity contribution is 0.102. The Hall–Kier alpha value is -2.26. The first-order valence-corrected chi connectivity index (χ1v) is 6.25. The summed E-state index contributed by atoms with van der Waals surface area (Å²) in [4.78, 5) is 15.4. The Labute approximate surface area is 115 Å². The van der Waals surface area contributed by atoms with Crippen LogP contribution in [0.2, 0.25) is 5.02 Å². The Kier molecular flexibility index (Phi) is 2.97. The predicted octanol–water partition coefficient (Wildman–Crippen LogP) is 4.07. The number of amides is 1. The predicted molar refractivity (Wildman–Crippen MR) is 77.7 cm³/mol. The van der Waals surface area contributed by atoms with Crippen molar-refractivity contribution in [1.82, 2.24) is 4.98 Å². The van der Waals surface area contributed by atoms with Gasteiger partial charge in [-0.15, -0.1) is 0 Å². The molecule has 1 heterocycles. The Morgan fingerprint density at radius 2 is 1.89 bits per heavy atom. The minimum atomic E-state index is -0.179. The zero-order chi connectivity index (χ0) is 13.2. The number of benzene rings is 2. The monoisotopic (exact) mass is 270 g/mol. The molecule has 3 nitrogen and oxygen atoms in total. The number of para-hydroxylation sites is 2. The second kappa shape index (κ2) is 4.78. The Balaban J connectivity index is 1.97. The molecule has 0 spiro atoms. The summed E-state index contributed by atoms with van der Waals surface area (Å²) < 4.78 is 0. The molecule has 2 N–H and O–H groups in total. The van der Waals surface area contributed by atoms with Crippen molar-refractivity contribution in [3.63, 3.8) is 0 Å². The Morgan fingerprint density at radius 1 is 1.05 bits per heavy atom. The van der Waals surface area contributed by atoms with Crippen molar-refractivity contribution in [2.45, 2.75) is 0 Å². The van der Waals surface area contributed by atoms with Gasteiger partial charge in [-0.3, -0.25) is 4.79 Å². The van der Waals surface area contributed by atoms with E-state index < -0.39 is 0 Å². The van der Waals surface area contributed by atoms with Gasteiger partial charge >= 0.3 is 0 Å². The molecule has 0 aliphatic heterocycles. The van der Waals surface area contributed by atoms with Crippen LogP contribution in [0.3, 0.4) is 0 Å². The molecule has 0 bridgehead atoms. The number of anilines is 1. The number of carbonyl (C=O) groups excluding carboxylic acids is 1. The minimum absolute atomic E-state index is 0.179. The topological polar surface area (TPSA) is 44.9 Å². The van der Waals surface area contributed by atoms with Crippen molar-refractivity contribution in [2.24, 2.45) is 0 Å². The van der Waals surface area contributed by atoms with E-state index in [1.165, 1.54) is 0 Å². The van der Waals surface area contributed by atoms with E-state index in [0.717, 1.165) is 10.9 Å². The second-order valence-corrected chi connectivity index (χ2v) is 4.59. The smallest absolute Gasteiger partial charge is 0.257 e. The van der Waals surface area contributed by atoms with E-state index in [2.05, 4.69) is 10.3 Å². The van der Waals surface area contributed by atoms with Crippen molar-refractivity contribution < 1.29 is 4.79 Å². The highest BCUT2D eigenvalue weighted by atomic mass is 35.5. The highest BCUT2D eigenvalue weighted by Crippen LogP contribution is 2.23. The fourth-order valence-electron chi connectivity index (χ4n) is 2.03. The van der Waals surface area contributed by atoms with Crippen molar-refractivity contribution in [1.29, 1.82) is 0 Å². The highest BCUT2D eigenvalue weighted by Gasteiger charge is 2.11. The van der Waals surface area contributed by atoms with Crippen LogP contribution in [-0.2, 0) is 0 Å². The zero-order valence-corrected chi connectivity index (χ0v) is 10.7. The molecule has 0 fully saturated rings. The summed E-state index contributed by atoms with van der Waals surface area (Å²) in [5, 5.41) is 4.35. The molecule has 0 radical (unpaired) electrons. The number of H-pyrrole nitrogens is 1. The molecular formula is C15H11ClN2O. The Bertz CT molecular complexity index is 748. The van der Waals surface area contributed by atoms with E-state index in [-0.39, 0.29) is 5.91 Å². The van der Waals surface area contributed by atoms with Crippen LogP contribution >= 0.6 is 11.6 Å². The third-order valence-electron chi connectivity index (χ3n) is 2.95. The lowest BCUT2D eigenvalue weighted by atomic mass is 10.1. The first-order chi connectivity index (χ1) is 9.25. The largest absolute Gasteiger partial charge is 0.361 e. The molecule has 0 saturated heterocycles. The standard InChI is InChI=1S/C15H11ClN2O/c16-12-6-1-2-7-13(12)18-15(19)11-5-3-4-10-8-9-17-14(10)11/h1-9,17H,(H,18,19). The van der Waals surface area contributed by atoms with Crippen molar-refractivity contribution >= 4 is 34.1 Å². The quantitative estimate of drug-likeness (QED) is 0.724. The molecule has 0 unspecified atom stereocenters. The summed E-state index contributed by atoms with van der Waals surface area (Å²) in [5.41, 5.74) is 2.03. The van der Waals surface area contributed by atoms with Gasteiger partial charge in [0.2, 0.25) is 0 Å². The molecule has 0 aliphatic carbocycles. The lowest BCUT2D eigenvalue weighted by Crippen LogP contribution is -2.12. The molecule has 2 aromatic carbocycles. The average Bonchev–Trinajstić information content (AvgIpc) is 2.89. The van der Waals surface area contributed by atoms with Crippen molar-refractivity contribution in [3.05, 3.63) is 65.3 Å². The maximum Gasteiger partial charge on any atom is 0.257 e. The van der Waals surface area contributed by atoms with Gasteiger partial charge in [0.15, 0.2) is 0 Å². The maximum absolute atomic E-state index is 12.3. The van der Waals surface area contributed by atoms with Crippen molar-refractivity contribution in [3.8, 4) is 0 Å². The fourth-order valence-corrected chi connectivity index (χ4v) is 2.21. The minimum Gasteiger partial charge on any atom is -0.361 e. The van der Waals surface area contributed by atoms with E-state index in [0.29, 0.717) is 16.3 Å². The van der Waals surface area contributed by atoms with E-state index in [4.69, 9.17) is 11.6 Å². The van der Waals surface area contributed by atoms with E-state index in [1.54, 1.807) is 18.2 Å². The van der Waals surface area contributed by atoms with Crippen LogP contribution in [0, 0.1) is 0 Å². The number of hydrogen-bond acceptors (Lipinski definition) is 1.